The molecule has 0 aromatic heterocycles. The van der Waals surface area contributed by atoms with Gasteiger partial charge in [-0.1, -0.05) is 13.3 Å². The molecule has 1 aromatic rings. The third-order valence-corrected chi connectivity index (χ3v) is 3.78. The molecule has 2 aliphatic heterocycles. The molecule has 1 unspecified atom stereocenters. The van der Waals surface area contributed by atoms with Gasteiger partial charge in [-0.25, -0.2) is 0 Å². The molecule has 1 saturated heterocycles. The molecule has 0 bridgehead atoms. The lowest BCUT2D eigenvalue weighted by Crippen LogP contribution is -2.50. The first-order valence-electron chi connectivity index (χ1n) is 7.25. The Morgan fingerprint density at radius 2 is 2.11 bits per heavy atom. The Balaban J connectivity index is 1.74. The summed E-state index contributed by atoms with van der Waals surface area (Å²) in [5.74, 6) is 1.75. The molecule has 4 nitrogen and oxygen atoms in total. The van der Waals surface area contributed by atoms with Gasteiger partial charge in [0.2, 0.25) is 0 Å². The van der Waals surface area contributed by atoms with Crippen LogP contribution >= 0.6 is 0 Å². The highest BCUT2D eigenvalue weighted by atomic mass is 16.6. The van der Waals surface area contributed by atoms with E-state index in [9.17, 15) is 0 Å². The summed E-state index contributed by atoms with van der Waals surface area (Å²) >= 11 is 0. The van der Waals surface area contributed by atoms with E-state index in [4.69, 9.17) is 9.47 Å². The zero-order valence-corrected chi connectivity index (χ0v) is 11.5. The number of fused-ring (bicyclic) bond motifs is 1. The molecule has 0 radical (unpaired) electrons. The maximum atomic E-state index is 5.66. The fraction of sp³-hybridized carbons (Fsp3) is 0.600. The van der Waals surface area contributed by atoms with E-state index in [1.54, 1.807) is 0 Å². The Morgan fingerprint density at radius 3 is 2.95 bits per heavy atom. The van der Waals surface area contributed by atoms with Crippen LogP contribution in [-0.2, 0) is 0 Å². The van der Waals surface area contributed by atoms with Crippen LogP contribution in [0.3, 0.4) is 0 Å². The molecule has 1 fully saturated rings. The van der Waals surface area contributed by atoms with Gasteiger partial charge in [0.25, 0.3) is 0 Å². The number of benzene rings is 1. The van der Waals surface area contributed by atoms with Crippen molar-refractivity contribution in [2.75, 3.05) is 37.7 Å². The van der Waals surface area contributed by atoms with Crippen LogP contribution in [0.5, 0.6) is 11.5 Å². The zero-order chi connectivity index (χ0) is 13.1. The summed E-state index contributed by atoms with van der Waals surface area (Å²) < 4.78 is 11.2. The number of hydrogen-bond acceptors (Lipinski definition) is 4. The zero-order valence-electron chi connectivity index (χ0n) is 11.5. The molecule has 19 heavy (non-hydrogen) atoms. The number of anilines is 1. The lowest BCUT2D eigenvalue weighted by atomic mass is 10.1. The van der Waals surface area contributed by atoms with E-state index in [2.05, 4.69) is 29.3 Å². The molecule has 1 N–H and O–H groups in total. The minimum Gasteiger partial charge on any atom is -0.486 e. The number of ether oxygens (including phenoxy) is 2. The van der Waals surface area contributed by atoms with Crippen molar-refractivity contribution in [1.82, 2.24) is 5.32 Å². The summed E-state index contributed by atoms with van der Waals surface area (Å²) in [6, 6.07) is 6.89. The molecular weight excluding hydrogens is 240 g/mol. The predicted molar refractivity (Wildman–Crippen MR) is 76.3 cm³/mol. The monoisotopic (exact) mass is 262 g/mol. The predicted octanol–water partition coefficient (Wildman–Crippen LogP) is 2.04. The summed E-state index contributed by atoms with van der Waals surface area (Å²) in [5.41, 5.74) is 1.24. The number of rotatable bonds is 3. The molecule has 1 aromatic carbocycles. The molecule has 4 heteroatoms. The van der Waals surface area contributed by atoms with Crippen LogP contribution in [-0.4, -0.2) is 38.9 Å². The normalized spacial score (nSPS) is 22.4. The van der Waals surface area contributed by atoms with E-state index in [1.807, 2.05) is 6.07 Å². The van der Waals surface area contributed by atoms with Gasteiger partial charge in [0.05, 0.1) is 0 Å². The second kappa shape index (κ2) is 5.70. The standard InChI is InChI=1S/C15H22N2O2/c1-2-3-12-11-17(7-6-16-12)13-4-5-14-15(10-13)19-9-8-18-14/h4-5,10,12,16H,2-3,6-9,11H2,1H3. The summed E-state index contributed by atoms with van der Waals surface area (Å²) in [4.78, 5) is 2.44. The maximum Gasteiger partial charge on any atom is 0.163 e. The Labute approximate surface area is 114 Å². The number of piperazine rings is 1. The average molecular weight is 262 g/mol. The molecule has 1 atom stereocenters. The van der Waals surface area contributed by atoms with Gasteiger partial charge in [-0.3, -0.25) is 0 Å². The molecule has 104 valence electrons. The van der Waals surface area contributed by atoms with E-state index in [0.717, 1.165) is 31.1 Å². The number of nitrogens with zero attached hydrogens (tertiary/aromatic N) is 1. The molecule has 2 aliphatic rings. The van der Waals surface area contributed by atoms with Crippen LogP contribution in [0.25, 0.3) is 0 Å². The molecule has 3 rings (SSSR count). The second-order valence-electron chi connectivity index (χ2n) is 5.21. The highest BCUT2D eigenvalue weighted by molar-refractivity contribution is 5.57. The van der Waals surface area contributed by atoms with E-state index in [1.165, 1.54) is 18.5 Å². The van der Waals surface area contributed by atoms with Crippen molar-refractivity contribution in [3.63, 3.8) is 0 Å². The van der Waals surface area contributed by atoms with Crippen molar-refractivity contribution in [3.8, 4) is 11.5 Å². The van der Waals surface area contributed by atoms with Gasteiger partial charge < -0.3 is 19.7 Å². The Kier molecular flexibility index (Phi) is 3.78. The molecule has 0 aliphatic carbocycles. The van der Waals surface area contributed by atoms with Crippen LogP contribution in [0.15, 0.2) is 18.2 Å². The fourth-order valence-corrected chi connectivity index (χ4v) is 2.83. The van der Waals surface area contributed by atoms with Gasteiger partial charge >= 0.3 is 0 Å². The molecule has 2 heterocycles. The van der Waals surface area contributed by atoms with Crippen LogP contribution in [0.4, 0.5) is 5.69 Å². The largest absolute Gasteiger partial charge is 0.486 e. The van der Waals surface area contributed by atoms with Crippen molar-refractivity contribution in [2.45, 2.75) is 25.8 Å². The minimum atomic E-state index is 0.604. The fourth-order valence-electron chi connectivity index (χ4n) is 2.83. The van der Waals surface area contributed by atoms with Gasteiger partial charge in [-0.05, 0) is 18.6 Å². The van der Waals surface area contributed by atoms with Crippen molar-refractivity contribution >= 4 is 5.69 Å². The van der Waals surface area contributed by atoms with Gasteiger partial charge in [0.15, 0.2) is 11.5 Å². The summed E-state index contributed by atoms with van der Waals surface area (Å²) in [7, 11) is 0. The van der Waals surface area contributed by atoms with Crippen LogP contribution in [0.2, 0.25) is 0 Å². The highest BCUT2D eigenvalue weighted by Gasteiger charge is 2.20. The van der Waals surface area contributed by atoms with Crippen molar-refractivity contribution in [3.05, 3.63) is 18.2 Å². The van der Waals surface area contributed by atoms with E-state index < -0.39 is 0 Å². The molecule has 0 amide bonds. The molecular formula is C15H22N2O2. The van der Waals surface area contributed by atoms with Gasteiger partial charge in [0.1, 0.15) is 13.2 Å². The summed E-state index contributed by atoms with van der Waals surface area (Å²) in [6.07, 6.45) is 2.47. The quantitative estimate of drug-likeness (QED) is 0.904. The first kappa shape index (κ1) is 12.6. The van der Waals surface area contributed by atoms with Crippen LogP contribution in [0.1, 0.15) is 19.8 Å². The summed E-state index contributed by atoms with van der Waals surface area (Å²) in [6.45, 7) is 6.73. The summed E-state index contributed by atoms with van der Waals surface area (Å²) in [5, 5.41) is 3.58. The molecule has 0 spiro atoms. The first-order valence-corrected chi connectivity index (χ1v) is 7.25. The number of nitrogens with one attached hydrogen (secondary N) is 1. The van der Waals surface area contributed by atoms with Gasteiger partial charge in [-0.2, -0.15) is 0 Å². The van der Waals surface area contributed by atoms with E-state index >= 15 is 0 Å². The average Bonchev–Trinajstić information content (AvgIpc) is 2.47. The lowest BCUT2D eigenvalue weighted by Gasteiger charge is -2.35. The van der Waals surface area contributed by atoms with Gasteiger partial charge in [0, 0.05) is 37.4 Å². The van der Waals surface area contributed by atoms with Crippen molar-refractivity contribution in [2.24, 2.45) is 0 Å². The second-order valence-corrected chi connectivity index (χ2v) is 5.21. The third kappa shape index (κ3) is 2.78. The maximum absolute atomic E-state index is 5.66. The Morgan fingerprint density at radius 1 is 1.26 bits per heavy atom. The number of hydrogen-bond donors (Lipinski definition) is 1. The third-order valence-electron chi connectivity index (χ3n) is 3.78. The first-order chi connectivity index (χ1) is 9.36. The van der Waals surface area contributed by atoms with Crippen molar-refractivity contribution in [1.29, 1.82) is 0 Å². The van der Waals surface area contributed by atoms with Crippen LogP contribution < -0.4 is 19.7 Å². The Bertz CT molecular complexity index is 434. The van der Waals surface area contributed by atoms with Crippen molar-refractivity contribution < 1.29 is 9.47 Å². The van der Waals surface area contributed by atoms with E-state index in [0.29, 0.717) is 19.3 Å². The van der Waals surface area contributed by atoms with E-state index in [-0.39, 0.29) is 0 Å². The SMILES string of the molecule is CCCC1CN(c2ccc3c(c2)OCCO3)CCN1. The topological polar surface area (TPSA) is 33.7 Å². The van der Waals surface area contributed by atoms with Crippen LogP contribution in [0, 0.1) is 0 Å². The molecule has 0 saturated carbocycles. The minimum absolute atomic E-state index is 0.604. The smallest absolute Gasteiger partial charge is 0.163 e. The van der Waals surface area contributed by atoms with Gasteiger partial charge in [-0.15, -0.1) is 0 Å². The Hall–Kier alpha value is -1.42. The lowest BCUT2D eigenvalue weighted by molar-refractivity contribution is 0.171. The highest BCUT2D eigenvalue weighted by Crippen LogP contribution is 2.34.